The number of hydrogen-bond donors (Lipinski definition) is 1. The Hall–Kier alpha value is -2.88. The zero-order valence-corrected chi connectivity index (χ0v) is 9.28. The van der Waals surface area contributed by atoms with Crippen molar-refractivity contribution in [1.82, 2.24) is 0 Å². The van der Waals surface area contributed by atoms with Crippen LogP contribution in [0, 0.1) is 21.4 Å². The van der Waals surface area contributed by atoms with Crippen LogP contribution in [0.2, 0.25) is 0 Å². The minimum atomic E-state index is -1.19. The minimum absolute atomic E-state index is 0.0308. The van der Waals surface area contributed by atoms with E-state index in [9.17, 15) is 14.9 Å². The van der Waals surface area contributed by atoms with Crippen molar-refractivity contribution in [2.24, 2.45) is 0 Å². The van der Waals surface area contributed by atoms with Crippen LogP contribution >= 0.6 is 0 Å². The van der Waals surface area contributed by atoms with Crippen LogP contribution in [0.1, 0.15) is 11.1 Å². The first-order valence-electron chi connectivity index (χ1n) is 4.67. The molecule has 1 N–H and O–H groups in total. The summed E-state index contributed by atoms with van der Waals surface area (Å²) in [7, 11) is 1.22. The second kappa shape index (κ2) is 5.45. The highest BCUT2D eigenvalue weighted by atomic mass is 16.6. The SMILES string of the molecule is COc1c(C#N)cc(/C=C/C(=O)O)cc1[N+](=O)[O-]. The number of nitriles is 1. The maximum atomic E-state index is 10.8. The van der Waals surface area contributed by atoms with Crippen LogP contribution in [0.15, 0.2) is 18.2 Å². The zero-order valence-electron chi connectivity index (χ0n) is 9.28. The summed E-state index contributed by atoms with van der Waals surface area (Å²) in [5.41, 5.74) is -0.181. The molecule has 0 saturated carbocycles. The van der Waals surface area contributed by atoms with Crippen LogP contribution in [0.5, 0.6) is 5.75 Å². The number of nitro benzene ring substituents is 1. The van der Waals surface area contributed by atoms with Crippen LogP contribution < -0.4 is 4.74 Å². The fourth-order valence-corrected chi connectivity index (χ4v) is 1.33. The van der Waals surface area contributed by atoms with Crippen LogP contribution in [0.25, 0.3) is 6.08 Å². The van der Waals surface area contributed by atoms with Gasteiger partial charge in [0.2, 0.25) is 5.75 Å². The maximum absolute atomic E-state index is 10.8. The third-order valence-electron chi connectivity index (χ3n) is 2.03. The van der Waals surface area contributed by atoms with Crippen molar-refractivity contribution in [3.63, 3.8) is 0 Å². The Bertz CT molecular complexity index is 572. The van der Waals surface area contributed by atoms with E-state index in [1.807, 2.05) is 0 Å². The topological polar surface area (TPSA) is 113 Å². The Morgan fingerprint density at radius 3 is 2.72 bits per heavy atom. The van der Waals surface area contributed by atoms with Crippen LogP contribution in [-0.2, 0) is 4.79 Å². The van der Waals surface area contributed by atoms with E-state index in [2.05, 4.69) is 0 Å². The molecule has 0 saturated heterocycles. The van der Waals surface area contributed by atoms with Gasteiger partial charge in [0.05, 0.1) is 12.0 Å². The van der Waals surface area contributed by atoms with Crippen LogP contribution in [-0.4, -0.2) is 23.1 Å². The molecule has 0 aromatic heterocycles. The average Bonchev–Trinajstić information content (AvgIpc) is 2.34. The summed E-state index contributed by atoms with van der Waals surface area (Å²) in [6, 6.07) is 4.21. The number of benzene rings is 1. The van der Waals surface area contributed by atoms with E-state index in [4.69, 9.17) is 15.1 Å². The molecule has 0 spiro atoms. The molecule has 0 radical (unpaired) electrons. The van der Waals surface area contributed by atoms with E-state index in [-0.39, 0.29) is 22.6 Å². The van der Waals surface area contributed by atoms with Crippen molar-refractivity contribution in [2.45, 2.75) is 0 Å². The molecule has 7 heteroatoms. The van der Waals surface area contributed by atoms with E-state index in [0.717, 1.165) is 18.2 Å². The van der Waals surface area contributed by atoms with E-state index >= 15 is 0 Å². The maximum Gasteiger partial charge on any atom is 0.328 e. The summed E-state index contributed by atoms with van der Waals surface area (Å²) in [4.78, 5) is 20.5. The van der Waals surface area contributed by atoms with Gasteiger partial charge in [0.1, 0.15) is 11.6 Å². The minimum Gasteiger partial charge on any atom is -0.489 e. The number of nitrogens with zero attached hydrogens (tertiary/aromatic N) is 2. The van der Waals surface area contributed by atoms with Crippen molar-refractivity contribution in [2.75, 3.05) is 7.11 Å². The highest BCUT2D eigenvalue weighted by Gasteiger charge is 2.19. The lowest BCUT2D eigenvalue weighted by molar-refractivity contribution is -0.385. The van der Waals surface area contributed by atoms with Crippen LogP contribution in [0.3, 0.4) is 0 Å². The summed E-state index contributed by atoms with van der Waals surface area (Å²) >= 11 is 0. The van der Waals surface area contributed by atoms with Gasteiger partial charge in [-0.3, -0.25) is 10.1 Å². The molecule has 18 heavy (non-hydrogen) atoms. The van der Waals surface area contributed by atoms with E-state index < -0.39 is 10.9 Å². The molecule has 0 heterocycles. The van der Waals surface area contributed by atoms with Crippen molar-refractivity contribution in [3.8, 4) is 11.8 Å². The Balaban J connectivity index is 3.42. The molecular formula is C11H8N2O5. The fourth-order valence-electron chi connectivity index (χ4n) is 1.33. The summed E-state index contributed by atoms with van der Waals surface area (Å²) in [5.74, 6) is -1.33. The van der Waals surface area contributed by atoms with Crippen LogP contribution in [0.4, 0.5) is 5.69 Å². The van der Waals surface area contributed by atoms with Gasteiger partial charge in [0.15, 0.2) is 0 Å². The van der Waals surface area contributed by atoms with E-state index in [1.54, 1.807) is 6.07 Å². The van der Waals surface area contributed by atoms with E-state index in [1.165, 1.54) is 13.2 Å². The molecule has 0 bridgehead atoms. The molecule has 7 nitrogen and oxygen atoms in total. The highest BCUT2D eigenvalue weighted by Crippen LogP contribution is 2.32. The first-order chi connectivity index (χ1) is 8.49. The lowest BCUT2D eigenvalue weighted by Gasteiger charge is -2.04. The van der Waals surface area contributed by atoms with Gasteiger partial charge in [-0.15, -0.1) is 0 Å². The molecular weight excluding hydrogens is 240 g/mol. The lowest BCUT2D eigenvalue weighted by Crippen LogP contribution is -1.97. The first-order valence-corrected chi connectivity index (χ1v) is 4.67. The number of methoxy groups -OCH3 is 1. The van der Waals surface area contributed by atoms with Gasteiger partial charge in [-0.05, 0) is 17.7 Å². The standard InChI is InChI=1S/C11H8N2O5/c1-18-11-8(6-12)4-7(2-3-10(14)15)5-9(11)13(16)17/h2-5H,1H3,(H,14,15)/b3-2+. The van der Waals surface area contributed by atoms with Gasteiger partial charge >= 0.3 is 11.7 Å². The molecule has 0 aliphatic carbocycles. The summed E-state index contributed by atoms with van der Waals surface area (Å²) in [6.07, 6.45) is 1.99. The first kappa shape index (κ1) is 13.2. The second-order valence-corrected chi connectivity index (χ2v) is 3.16. The summed E-state index contributed by atoms with van der Waals surface area (Å²) < 4.78 is 4.80. The average molecular weight is 248 g/mol. The molecule has 0 fully saturated rings. The van der Waals surface area contributed by atoms with Gasteiger partial charge in [-0.2, -0.15) is 5.26 Å². The number of carbonyl (C=O) groups is 1. The number of hydrogen-bond acceptors (Lipinski definition) is 5. The van der Waals surface area contributed by atoms with Gasteiger partial charge in [0, 0.05) is 12.1 Å². The largest absolute Gasteiger partial charge is 0.489 e. The van der Waals surface area contributed by atoms with Gasteiger partial charge < -0.3 is 9.84 Å². The van der Waals surface area contributed by atoms with Crippen molar-refractivity contribution in [1.29, 1.82) is 5.26 Å². The Kier molecular flexibility index (Phi) is 3.99. The monoisotopic (exact) mass is 248 g/mol. The van der Waals surface area contributed by atoms with Crippen molar-refractivity contribution >= 4 is 17.7 Å². The predicted molar refractivity (Wildman–Crippen MR) is 61.0 cm³/mol. The fraction of sp³-hybridized carbons (Fsp3) is 0.0909. The molecule has 92 valence electrons. The van der Waals surface area contributed by atoms with Crippen molar-refractivity contribution in [3.05, 3.63) is 39.4 Å². The molecule has 0 amide bonds. The molecule has 0 atom stereocenters. The highest BCUT2D eigenvalue weighted by molar-refractivity contribution is 5.85. The number of carboxylic acids is 1. The lowest BCUT2D eigenvalue weighted by atomic mass is 10.1. The molecule has 0 aliphatic heterocycles. The van der Waals surface area contributed by atoms with E-state index in [0.29, 0.717) is 0 Å². The molecule has 0 aliphatic rings. The molecule has 1 aromatic carbocycles. The number of ether oxygens (including phenoxy) is 1. The summed E-state index contributed by atoms with van der Waals surface area (Å²) in [5, 5.41) is 28.1. The zero-order chi connectivity index (χ0) is 13.7. The number of carboxylic acid groups (broad SMARTS) is 1. The summed E-state index contributed by atoms with van der Waals surface area (Å²) in [6.45, 7) is 0. The normalized spacial score (nSPS) is 10.0. The number of nitro groups is 1. The predicted octanol–water partition coefficient (Wildman–Crippen LogP) is 1.57. The van der Waals surface area contributed by atoms with Gasteiger partial charge in [-0.1, -0.05) is 0 Å². The Morgan fingerprint density at radius 2 is 2.28 bits per heavy atom. The smallest absolute Gasteiger partial charge is 0.328 e. The molecule has 1 aromatic rings. The quantitative estimate of drug-likeness (QED) is 0.491. The third kappa shape index (κ3) is 2.82. The number of aliphatic carboxylic acids is 1. The second-order valence-electron chi connectivity index (χ2n) is 3.16. The molecule has 0 unspecified atom stereocenters. The molecule has 1 rings (SSSR count). The van der Waals surface area contributed by atoms with Gasteiger partial charge in [-0.25, -0.2) is 4.79 Å². The number of rotatable bonds is 4. The van der Waals surface area contributed by atoms with Gasteiger partial charge in [0.25, 0.3) is 0 Å². The Morgan fingerprint density at radius 1 is 1.61 bits per heavy atom. The third-order valence-corrected chi connectivity index (χ3v) is 2.03. The van der Waals surface area contributed by atoms with Crippen molar-refractivity contribution < 1.29 is 19.6 Å². The Labute approximate surface area is 102 Å².